The van der Waals surface area contributed by atoms with E-state index in [4.69, 9.17) is 15.9 Å². The number of ether oxygens (including phenoxy) is 1. The monoisotopic (exact) mass is 560 g/mol. The number of anilines is 2. The molecule has 1 aliphatic heterocycles. The molecular weight excluding hydrogens is 533 g/mol. The van der Waals surface area contributed by atoms with Crippen LogP contribution in [0.2, 0.25) is 0 Å². The normalized spacial score (nSPS) is 14.8. The van der Waals surface area contributed by atoms with Gasteiger partial charge in [-0.1, -0.05) is 12.1 Å². The molecule has 11 heteroatoms. The van der Waals surface area contributed by atoms with Crippen molar-refractivity contribution in [2.24, 2.45) is 0 Å². The standard InChI is InChI=1S/C30H27F3N6O2/c31-22-2-1-3-24(14-22)41-27-7-5-23(17-37-27)38-29(40)28(35)25-13-20(4-6-26(25)34)21-12-19(15-36-16-21)18-39-10-8-30(32,33)9-11-39/h1-7,12-17,35H,8-11,18,34H2,(H,38,40). The minimum atomic E-state index is -2.60. The first-order valence-corrected chi connectivity index (χ1v) is 12.9. The first-order valence-electron chi connectivity index (χ1n) is 12.9. The van der Waals surface area contributed by atoms with Gasteiger partial charge in [0.25, 0.3) is 11.8 Å². The molecule has 2 aromatic carbocycles. The van der Waals surface area contributed by atoms with Crippen LogP contribution in [0.1, 0.15) is 24.0 Å². The Bertz CT molecular complexity index is 1570. The summed E-state index contributed by atoms with van der Waals surface area (Å²) in [5.74, 6) is -3.25. The van der Waals surface area contributed by atoms with Gasteiger partial charge in [-0.15, -0.1) is 0 Å². The molecule has 3 heterocycles. The summed E-state index contributed by atoms with van der Waals surface area (Å²) in [6.45, 7) is 1.12. The van der Waals surface area contributed by atoms with Crippen molar-refractivity contribution in [3.05, 3.63) is 96.2 Å². The highest BCUT2D eigenvalue weighted by Crippen LogP contribution is 2.29. The average molecular weight is 561 g/mol. The minimum Gasteiger partial charge on any atom is -0.439 e. The number of aromatic nitrogens is 2. The summed E-state index contributed by atoms with van der Waals surface area (Å²) in [4.78, 5) is 23.3. The fraction of sp³-hybridized carbons (Fsp3) is 0.200. The van der Waals surface area contributed by atoms with Crippen molar-refractivity contribution in [2.45, 2.75) is 25.3 Å². The zero-order valence-electron chi connectivity index (χ0n) is 21.9. The van der Waals surface area contributed by atoms with Gasteiger partial charge in [-0.25, -0.2) is 18.2 Å². The van der Waals surface area contributed by atoms with Crippen molar-refractivity contribution < 1.29 is 22.7 Å². The number of nitrogens with zero attached hydrogens (tertiary/aromatic N) is 3. The molecule has 0 atom stereocenters. The van der Waals surface area contributed by atoms with Crippen LogP contribution >= 0.6 is 0 Å². The molecule has 210 valence electrons. The van der Waals surface area contributed by atoms with Crippen LogP contribution in [0.5, 0.6) is 11.6 Å². The van der Waals surface area contributed by atoms with Crippen LogP contribution in [0.25, 0.3) is 11.1 Å². The minimum absolute atomic E-state index is 0.158. The number of nitrogens with two attached hydrogens (primary N) is 1. The second-order valence-electron chi connectivity index (χ2n) is 9.79. The lowest BCUT2D eigenvalue weighted by molar-refractivity contribution is -0.110. The second kappa shape index (κ2) is 11.8. The Kier molecular flexibility index (Phi) is 7.97. The zero-order valence-corrected chi connectivity index (χ0v) is 21.9. The predicted molar refractivity (Wildman–Crippen MR) is 150 cm³/mol. The van der Waals surface area contributed by atoms with E-state index in [-0.39, 0.29) is 41.4 Å². The van der Waals surface area contributed by atoms with Crippen LogP contribution < -0.4 is 15.8 Å². The Morgan fingerprint density at radius 1 is 1.02 bits per heavy atom. The van der Waals surface area contributed by atoms with Crippen LogP contribution in [0.3, 0.4) is 0 Å². The molecule has 1 amide bonds. The Labute approximate surface area is 234 Å². The van der Waals surface area contributed by atoms with Crippen molar-refractivity contribution in [3.63, 3.8) is 0 Å². The molecule has 4 N–H and O–H groups in total. The summed E-state index contributed by atoms with van der Waals surface area (Å²) in [5.41, 5.74) is 8.91. The molecule has 0 spiro atoms. The van der Waals surface area contributed by atoms with Crippen LogP contribution in [0.4, 0.5) is 24.5 Å². The van der Waals surface area contributed by atoms with E-state index in [2.05, 4.69) is 15.3 Å². The number of hydrogen-bond acceptors (Lipinski definition) is 7. The van der Waals surface area contributed by atoms with Crippen LogP contribution in [0.15, 0.2) is 79.3 Å². The molecular formula is C30H27F3N6O2. The molecule has 0 radical (unpaired) electrons. The van der Waals surface area contributed by atoms with Crippen molar-refractivity contribution in [3.8, 4) is 22.8 Å². The number of carbonyl (C=O) groups excluding carboxylic acids is 1. The van der Waals surface area contributed by atoms with Gasteiger partial charge in [-0.3, -0.25) is 20.1 Å². The second-order valence-corrected chi connectivity index (χ2v) is 9.79. The summed E-state index contributed by atoms with van der Waals surface area (Å²) in [7, 11) is 0. The number of rotatable bonds is 8. The molecule has 5 rings (SSSR count). The van der Waals surface area contributed by atoms with E-state index in [0.717, 1.165) is 11.1 Å². The quantitative estimate of drug-likeness (QED) is 0.183. The van der Waals surface area contributed by atoms with Gasteiger partial charge in [0.15, 0.2) is 0 Å². The maximum atomic E-state index is 13.5. The van der Waals surface area contributed by atoms with Gasteiger partial charge in [0.2, 0.25) is 5.88 Å². The number of halogens is 3. The Morgan fingerprint density at radius 2 is 1.83 bits per heavy atom. The number of hydrogen-bond donors (Lipinski definition) is 3. The third kappa shape index (κ3) is 7.06. The number of amides is 1. The number of nitrogens with one attached hydrogen (secondary N) is 2. The van der Waals surface area contributed by atoms with Crippen LogP contribution in [-0.4, -0.2) is 45.5 Å². The highest BCUT2D eigenvalue weighted by molar-refractivity contribution is 6.48. The van der Waals surface area contributed by atoms with Gasteiger partial charge in [0.1, 0.15) is 17.3 Å². The van der Waals surface area contributed by atoms with Crippen molar-refractivity contribution in [1.29, 1.82) is 5.41 Å². The summed E-state index contributed by atoms with van der Waals surface area (Å²) >= 11 is 0. The maximum absolute atomic E-state index is 13.5. The van der Waals surface area contributed by atoms with Gasteiger partial charge < -0.3 is 15.8 Å². The number of pyridine rings is 2. The van der Waals surface area contributed by atoms with E-state index in [1.165, 1.54) is 30.5 Å². The Morgan fingerprint density at radius 3 is 2.56 bits per heavy atom. The summed E-state index contributed by atoms with van der Waals surface area (Å²) in [6.07, 6.45) is 4.40. The number of carbonyl (C=O) groups is 1. The van der Waals surface area contributed by atoms with Crippen LogP contribution in [-0.2, 0) is 11.3 Å². The Balaban J connectivity index is 1.25. The lowest BCUT2D eigenvalue weighted by atomic mass is 9.99. The van der Waals surface area contributed by atoms with E-state index in [1.807, 2.05) is 11.0 Å². The van der Waals surface area contributed by atoms with Gasteiger partial charge >= 0.3 is 0 Å². The average Bonchev–Trinajstić information content (AvgIpc) is 2.95. The third-order valence-electron chi connectivity index (χ3n) is 6.68. The largest absolute Gasteiger partial charge is 0.439 e. The lowest BCUT2D eigenvalue weighted by Gasteiger charge is -2.31. The first kappa shape index (κ1) is 27.8. The SMILES string of the molecule is N=C(C(=O)Nc1ccc(Oc2cccc(F)c2)nc1)c1cc(-c2cncc(CN3CCC(F)(F)CC3)c2)ccc1N. The number of likely N-dealkylation sites (tertiary alicyclic amines) is 1. The van der Waals surface area contributed by atoms with E-state index < -0.39 is 17.6 Å². The highest BCUT2D eigenvalue weighted by atomic mass is 19.3. The molecule has 4 aromatic rings. The van der Waals surface area contributed by atoms with Gasteiger partial charge in [-0.2, -0.15) is 0 Å². The molecule has 41 heavy (non-hydrogen) atoms. The maximum Gasteiger partial charge on any atom is 0.274 e. The molecule has 0 unspecified atom stereocenters. The van der Waals surface area contributed by atoms with Crippen molar-refractivity contribution in [2.75, 3.05) is 24.1 Å². The van der Waals surface area contributed by atoms with Crippen molar-refractivity contribution >= 4 is 23.0 Å². The smallest absolute Gasteiger partial charge is 0.274 e. The molecule has 1 fully saturated rings. The van der Waals surface area contributed by atoms with Gasteiger partial charge in [0, 0.05) is 73.8 Å². The van der Waals surface area contributed by atoms with E-state index in [9.17, 15) is 18.0 Å². The van der Waals surface area contributed by atoms with Crippen molar-refractivity contribution in [1.82, 2.24) is 14.9 Å². The van der Waals surface area contributed by atoms with E-state index in [1.54, 1.807) is 42.7 Å². The topological polar surface area (TPSA) is 117 Å². The van der Waals surface area contributed by atoms with Gasteiger partial charge in [-0.05, 0) is 47.5 Å². The third-order valence-corrected chi connectivity index (χ3v) is 6.68. The number of piperidine rings is 1. The van der Waals surface area contributed by atoms with Gasteiger partial charge in [0.05, 0.1) is 11.9 Å². The van der Waals surface area contributed by atoms with E-state index in [0.29, 0.717) is 30.9 Å². The number of nitrogen functional groups attached to an aromatic ring is 1. The molecule has 0 aliphatic carbocycles. The fourth-order valence-corrected chi connectivity index (χ4v) is 4.46. The lowest BCUT2D eigenvalue weighted by Crippen LogP contribution is -2.38. The molecule has 0 saturated carbocycles. The Hall–Kier alpha value is -4.77. The summed E-state index contributed by atoms with van der Waals surface area (Å²) in [5, 5.41) is 11.1. The molecule has 1 saturated heterocycles. The first-order chi connectivity index (χ1) is 19.6. The summed E-state index contributed by atoms with van der Waals surface area (Å²) < 4.78 is 45.9. The van der Waals surface area contributed by atoms with E-state index >= 15 is 0 Å². The summed E-state index contributed by atoms with van der Waals surface area (Å²) in [6, 6.07) is 15.6. The fourth-order valence-electron chi connectivity index (χ4n) is 4.46. The molecule has 8 nitrogen and oxygen atoms in total. The number of alkyl halides is 2. The molecule has 0 bridgehead atoms. The zero-order chi connectivity index (χ0) is 29.0. The molecule has 1 aliphatic rings. The highest BCUT2D eigenvalue weighted by Gasteiger charge is 2.33. The number of benzene rings is 2. The molecule has 2 aromatic heterocycles. The van der Waals surface area contributed by atoms with Crippen LogP contribution in [0, 0.1) is 11.2 Å². The predicted octanol–water partition coefficient (Wildman–Crippen LogP) is 5.89.